The van der Waals surface area contributed by atoms with Crippen molar-refractivity contribution in [1.29, 1.82) is 0 Å². The SMILES string of the molecule is COc1cc(C2c3c(oc4ccccc4c3=O)C(=O)N2c2nnc(CC(C)C)s2)cc(Br)c1O. The summed E-state index contributed by atoms with van der Waals surface area (Å²) in [5.41, 5.74) is 0.802. The van der Waals surface area contributed by atoms with Crippen molar-refractivity contribution in [3.05, 3.63) is 73.0 Å². The minimum Gasteiger partial charge on any atom is -0.503 e. The molecule has 2 aromatic heterocycles. The summed E-state index contributed by atoms with van der Waals surface area (Å²) >= 11 is 4.65. The number of methoxy groups -OCH3 is 1. The van der Waals surface area contributed by atoms with E-state index in [9.17, 15) is 14.7 Å². The second-order valence-electron chi connectivity index (χ2n) is 8.38. The van der Waals surface area contributed by atoms with Crippen molar-refractivity contribution in [2.24, 2.45) is 5.92 Å². The topological polar surface area (TPSA) is 106 Å². The van der Waals surface area contributed by atoms with Gasteiger partial charge in [0.25, 0.3) is 5.91 Å². The Morgan fingerprint density at radius 2 is 2.00 bits per heavy atom. The molecule has 1 N–H and O–H groups in total. The van der Waals surface area contributed by atoms with Crippen LogP contribution in [0.3, 0.4) is 0 Å². The van der Waals surface area contributed by atoms with Crippen LogP contribution in [0.15, 0.2) is 50.1 Å². The highest BCUT2D eigenvalue weighted by Crippen LogP contribution is 2.45. The zero-order chi connectivity index (χ0) is 24.1. The molecule has 3 heterocycles. The Kier molecular flexibility index (Phi) is 5.65. The van der Waals surface area contributed by atoms with Crippen LogP contribution in [0.25, 0.3) is 11.0 Å². The van der Waals surface area contributed by atoms with Crippen LogP contribution >= 0.6 is 27.3 Å². The predicted octanol–water partition coefficient (Wildman–Crippen LogP) is 5.07. The lowest BCUT2D eigenvalue weighted by molar-refractivity contribution is 0.0970. The first-order chi connectivity index (χ1) is 16.3. The van der Waals surface area contributed by atoms with Crippen molar-refractivity contribution >= 4 is 49.3 Å². The van der Waals surface area contributed by atoms with Crippen LogP contribution < -0.4 is 15.1 Å². The number of benzene rings is 2. The van der Waals surface area contributed by atoms with E-state index in [0.717, 1.165) is 11.4 Å². The molecule has 10 heteroatoms. The van der Waals surface area contributed by atoms with Crippen LogP contribution in [-0.2, 0) is 6.42 Å². The lowest BCUT2D eigenvalue weighted by atomic mass is 9.98. The van der Waals surface area contributed by atoms with Crippen molar-refractivity contribution in [1.82, 2.24) is 10.2 Å². The number of ether oxygens (including phenoxy) is 1. The highest BCUT2D eigenvalue weighted by Gasteiger charge is 2.45. The number of anilines is 1. The molecular weight excluding hydrogens is 522 g/mol. The Balaban J connectivity index is 1.77. The summed E-state index contributed by atoms with van der Waals surface area (Å²) in [6.45, 7) is 4.16. The predicted molar refractivity (Wildman–Crippen MR) is 132 cm³/mol. The number of nitrogens with zero attached hydrogens (tertiary/aromatic N) is 3. The van der Waals surface area contributed by atoms with Gasteiger partial charge in [0.15, 0.2) is 16.9 Å². The summed E-state index contributed by atoms with van der Waals surface area (Å²) in [6, 6.07) is 9.25. The van der Waals surface area contributed by atoms with Gasteiger partial charge < -0.3 is 14.3 Å². The van der Waals surface area contributed by atoms with Gasteiger partial charge in [0.1, 0.15) is 10.6 Å². The van der Waals surface area contributed by atoms with Gasteiger partial charge in [-0.1, -0.05) is 37.3 Å². The molecule has 1 atom stereocenters. The molecule has 174 valence electrons. The van der Waals surface area contributed by atoms with Gasteiger partial charge in [-0.15, -0.1) is 10.2 Å². The molecule has 0 bridgehead atoms. The molecule has 4 aromatic rings. The number of para-hydroxylation sites is 1. The summed E-state index contributed by atoms with van der Waals surface area (Å²) in [4.78, 5) is 28.7. The zero-order valence-electron chi connectivity index (χ0n) is 18.5. The number of amides is 1. The third kappa shape index (κ3) is 3.57. The van der Waals surface area contributed by atoms with E-state index in [2.05, 4.69) is 40.0 Å². The fourth-order valence-electron chi connectivity index (χ4n) is 4.11. The van der Waals surface area contributed by atoms with E-state index in [1.165, 1.54) is 23.3 Å². The first-order valence-corrected chi connectivity index (χ1v) is 12.2. The van der Waals surface area contributed by atoms with Gasteiger partial charge in [-0.25, -0.2) is 0 Å². The second kappa shape index (κ2) is 8.52. The number of hydrogen-bond donors (Lipinski definition) is 1. The molecule has 0 radical (unpaired) electrons. The van der Waals surface area contributed by atoms with Gasteiger partial charge >= 0.3 is 0 Å². The van der Waals surface area contributed by atoms with Gasteiger partial charge in [0.05, 0.1) is 28.6 Å². The first-order valence-electron chi connectivity index (χ1n) is 10.6. The summed E-state index contributed by atoms with van der Waals surface area (Å²) in [5, 5.41) is 20.4. The monoisotopic (exact) mass is 541 g/mol. The number of halogens is 1. The molecule has 34 heavy (non-hydrogen) atoms. The standard InChI is InChI=1S/C24H20BrN3O5S/c1-11(2)8-17-26-27-24(34-17)28-19(12-9-14(25)21(30)16(10-12)32-3)18-20(29)13-6-4-5-7-15(13)33-22(18)23(28)31/h4-7,9-11,19,30H,8H2,1-3H3. The van der Waals surface area contributed by atoms with Crippen LogP contribution in [0.1, 0.15) is 46.6 Å². The molecule has 8 nitrogen and oxygen atoms in total. The largest absolute Gasteiger partial charge is 0.503 e. The van der Waals surface area contributed by atoms with Gasteiger partial charge in [-0.05, 0) is 51.7 Å². The highest BCUT2D eigenvalue weighted by atomic mass is 79.9. The minimum atomic E-state index is -0.839. The van der Waals surface area contributed by atoms with E-state index in [1.54, 1.807) is 36.4 Å². The molecule has 1 unspecified atom stereocenters. The van der Waals surface area contributed by atoms with Crippen LogP contribution in [0.2, 0.25) is 0 Å². The molecule has 2 aromatic carbocycles. The van der Waals surface area contributed by atoms with Gasteiger partial charge in [0, 0.05) is 6.42 Å². The number of phenols is 1. The summed E-state index contributed by atoms with van der Waals surface area (Å²) in [7, 11) is 1.43. The molecule has 0 aliphatic carbocycles. The Bertz CT molecular complexity index is 1500. The van der Waals surface area contributed by atoms with E-state index in [0.29, 0.717) is 32.1 Å². The minimum absolute atomic E-state index is 0.0301. The highest BCUT2D eigenvalue weighted by molar-refractivity contribution is 9.10. The maximum absolute atomic E-state index is 13.7. The van der Waals surface area contributed by atoms with E-state index in [-0.39, 0.29) is 28.3 Å². The quantitative estimate of drug-likeness (QED) is 0.376. The van der Waals surface area contributed by atoms with E-state index < -0.39 is 11.9 Å². The summed E-state index contributed by atoms with van der Waals surface area (Å²) in [5.74, 6) is -0.0131. The summed E-state index contributed by atoms with van der Waals surface area (Å²) in [6.07, 6.45) is 0.719. The number of aromatic nitrogens is 2. The van der Waals surface area contributed by atoms with Crippen molar-refractivity contribution in [2.75, 3.05) is 12.0 Å². The van der Waals surface area contributed by atoms with Crippen molar-refractivity contribution in [3.8, 4) is 11.5 Å². The normalized spacial score (nSPS) is 15.4. The van der Waals surface area contributed by atoms with Gasteiger partial charge in [-0.3, -0.25) is 14.5 Å². The van der Waals surface area contributed by atoms with E-state index in [1.807, 2.05) is 0 Å². The third-order valence-electron chi connectivity index (χ3n) is 5.61. The lowest BCUT2D eigenvalue weighted by Crippen LogP contribution is -2.29. The Morgan fingerprint density at radius 1 is 1.24 bits per heavy atom. The zero-order valence-corrected chi connectivity index (χ0v) is 20.9. The molecule has 0 saturated carbocycles. The molecule has 0 spiro atoms. The average Bonchev–Trinajstić information content (AvgIpc) is 3.37. The number of phenolic OH excluding ortho intramolecular Hbond substituents is 1. The van der Waals surface area contributed by atoms with Crippen molar-refractivity contribution in [2.45, 2.75) is 26.3 Å². The van der Waals surface area contributed by atoms with Gasteiger partial charge in [0.2, 0.25) is 10.9 Å². The molecule has 1 aliphatic heterocycles. The van der Waals surface area contributed by atoms with E-state index >= 15 is 0 Å². The fourth-order valence-corrected chi connectivity index (χ4v) is 5.65. The summed E-state index contributed by atoms with van der Waals surface area (Å²) < 4.78 is 11.6. The fraction of sp³-hybridized carbons (Fsp3) is 0.250. The number of carbonyl (C=O) groups is 1. The molecular formula is C24H20BrN3O5S. The molecule has 5 rings (SSSR count). The number of hydrogen-bond acceptors (Lipinski definition) is 8. The smallest absolute Gasteiger partial charge is 0.297 e. The van der Waals surface area contributed by atoms with Crippen molar-refractivity contribution < 1.29 is 19.1 Å². The second-order valence-corrected chi connectivity index (χ2v) is 10.3. The Hall–Kier alpha value is -3.24. The average molecular weight is 542 g/mol. The van der Waals surface area contributed by atoms with Crippen molar-refractivity contribution in [3.63, 3.8) is 0 Å². The Morgan fingerprint density at radius 3 is 2.74 bits per heavy atom. The van der Waals surface area contributed by atoms with Gasteiger partial charge in [-0.2, -0.15) is 0 Å². The lowest BCUT2D eigenvalue weighted by Gasteiger charge is -2.23. The maximum atomic E-state index is 13.7. The van der Waals surface area contributed by atoms with Crippen LogP contribution in [0.4, 0.5) is 5.13 Å². The molecule has 1 amide bonds. The van der Waals surface area contributed by atoms with Crippen LogP contribution in [0, 0.1) is 5.92 Å². The molecule has 1 aliphatic rings. The number of carbonyl (C=O) groups excluding carboxylic acids is 1. The Labute approximate surface area is 206 Å². The molecule has 0 saturated heterocycles. The molecule has 0 fully saturated rings. The van der Waals surface area contributed by atoms with Crippen LogP contribution in [-0.4, -0.2) is 28.3 Å². The first kappa shape index (κ1) is 22.5. The van der Waals surface area contributed by atoms with Crippen LogP contribution in [0.5, 0.6) is 11.5 Å². The number of fused-ring (bicyclic) bond motifs is 2. The number of rotatable bonds is 5. The number of aromatic hydroxyl groups is 1. The third-order valence-corrected chi connectivity index (χ3v) is 7.16. The van der Waals surface area contributed by atoms with E-state index in [4.69, 9.17) is 9.15 Å². The maximum Gasteiger partial charge on any atom is 0.297 e.